The first-order chi connectivity index (χ1) is 35.8. The lowest BCUT2D eigenvalue weighted by atomic mass is 10.0. The van der Waals surface area contributed by atoms with Crippen molar-refractivity contribution in [3.63, 3.8) is 0 Å². The molecule has 0 radical (unpaired) electrons. The number of unbranched alkanes of at least 4 members (excludes halogenated alkanes) is 3. The average Bonchev–Trinajstić information content (AvgIpc) is 4.03. The van der Waals surface area contributed by atoms with E-state index in [-0.39, 0.29) is 0 Å². The van der Waals surface area contributed by atoms with Gasteiger partial charge in [0.05, 0.1) is 33.1 Å². The molecule has 0 aliphatic rings. The number of halogens is 3. The summed E-state index contributed by atoms with van der Waals surface area (Å²) in [4.78, 5) is 2.41. The molecule has 12 rings (SSSR count). The fraction of sp³-hybridized carbons (Fsp3) is 0.182. The Hall–Kier alpha value is -5.63. The second-order valence-electron chi connectivity index (χ2n) is 19.7. The van der Waals surface area contributed by atoms with E-state index in [1.807, 2.05) is 0 Å². The fourth-order valence-electron chi connectivity index (χ4n) is 11.3. The van der Waals surface area contributed by atoms with Gasteiger partial charge in [-0.3, -0.25) is 0 Å². The largest absolute Gasteiger partial charge is 0.310 e. The van der Waals surface area contributed by atoms with Gasteiger partial charge in [-0.2, -0.15) is 0 Å². The summed E-state index contributed by atoms with van der Waals surface area (Å²) in [6.45, 7) is 6.82. The van der Waals surface area contributed by atoms with Crippen LogP contribution in [0.5, 0.6) is 0 Å². The van der Waals surface area contributed by atoms with Gasteiger partial charge in [-0.1, -0.05) is 58.2 Å². The smallest absolute Gasteiger partial charge is 0.0541 e. The number of hydrogen-bond donors (Lipinski definition) is 0. The van der Waals surface area contributed by atoms with E-state index in [1.54, 1.807) is 0 Å². The Balaban J connectivity index is 0.977. The van der Waals surface area contributed by atoms with Gasteiger partial charge in [0, 0.05) is 77.2 Å². The molecule has 3 heterocycles. The van der Waals surface area contributed by atoms with Crippen molar-refractivity contribution >= 4 is 150 Å². The van der Waals surface area contributed by atoms with Crippen molar-refractivity contribution in [1.29, 1.82) is 0 Å². The molecule has 0 unspecified atom stereocenters. The van der Waals surface area contributed by atoms with E-state index in [1.165, 1.54) is 131 Å². The first-order valence-electron chi connectivity index (χ1n) is 26.1. The third-order valence-electron chi connectivity index (χ3n) is 14.9. The summed E-state index contributed by atoms with van der Waals surface area (Å²) >= 11 is 7.37. The van der Waals surface area contributed by atoms with Crippen molar-refractivity contribution in [3.8, 4) is 17.1 Å². The molecule has 0 N–H and O–H groups in total. The lowest BCUT2D eigenvalue weighted by Gasteiger charge is -2.26. The molecule has 12 aromatic rings. The van der Waals surface area contributed by atoms with Crippen LogP contribution in [0.3, 0.4) is 0 Å². The van der Waals surface area contributed by atoms with Crippen LogP contribution in [-0.4, -0.2) is 13.7 Å². The maximum atomic E-state index is 2.46. The van der Waals surface area contributed by atoms with E-state index in [0.717, 1.165) is 53.4 Å². The number of fused-ring (bicyclic) bond motifs is 9. The molecule has 0 saturated heterocycles. The Morgan fingerprint density at radius 1 is 0.301 bits per heavy atom. The van der Waals surface area contributed by atoms with E-state index < -0.39 is 0 Å². The van der Waals surface area contributed by atoms with Crippen LogP contribution in [-0.2, 0) is 19.3 Å². The molecule has 0 spiro atoms. The monoisotopic (exact) mass is 1290 g/mol. The van der Waals surface area contributed by atoms with Crippen molar-refractivity contribution in [3.05, 3.63) is 209 Å². The highest BCUT2D eigenvalue weighted by Crippen LogP contribution is 2.41. The summed E-state index contributed by atoms with van der Waals surface area (Å²) in [6, 6.07) is 69.5. The van der Waals surface area contributed by atoms with Gasteiger partial charge in [-0.05, 0) is 287 Å². The number of hydrogen-bond acceptors (Lipinski definition) is 1. The highest BCUT2D eigenvalue weighted by molar-refractivity contribution is 14.1. The lowest BCUT2D eigenvalue weighted by molar-refractivity contribution is 0.796. The molecule has 7 heteroatoms. The average molecular weight is 1290 g/mol. The second kappa shape index (κ2) is 20.6. The Bertz CT molecular complexity index is 3590. The Kier molecular flexibility index (Phi) is 13.6. The van der Waals surface area contributed by atoms with E-state index in [9.17, 15) is 0 Å². The summed E-state index contributed by atoms with van der Waals surface area (Å²) in [6.07, 6.45) is 10.5. The van der Waals surface area contributed by atoms with Gasteiger partial charge in [0.25, 0.3) is 0 Å². The number of anilines is 3. The second-order valence-corrected chi connectivity index (χ2v) is 23.5. The standard InChI is InChI=1S/C66H57I3N4/c1-4-7-10-43-13-31-61-55(37-43)58-40-46(67)16-34-64(58)71(61)52-25-19-49(20-26-52)70(50-21-27-53(28-22-50)72-62-32-14-44(11-8-5-2)38-56(62)59-41-47(68)17-35-65(59)72)51-23-29-54(30-24-51)73-63-33-15-45(12-9-6-3)39-57(63)60-42-48(69)18-36-66(60)73/h13-42H,4-12H2,1-3H3. The number of aryl methyl sites for hydroxylation is 3. The van der Waals surface area contributed by atoms with Gasteiger partial charge < -0.3 is 18.6 Å². The Morgan fingerprint density at radius 2 is 0.548 bits per heavy atom. The van der Waals surface area contributed by atoms with Gasteiger partial charge in [-0.25, -0.2) is 0 Å². The third kappa shape index (κ3) is 9.04. The van der Waals surface area contributed by atoms with Crippen molar-refractivity contribution < 1.29 is 0 Å². The van der Waals surface area contributed by atoms with Crippen LogP contribution >= 0.6 is 67.8 Å². The van der Waals surface area contributed by atoms with Crippen LogP contribution < -0.4 is 4.90 Å². The molecule has 0 bridgehead atoms. The molecule has 4 nitrogen and oxygen atoms in total. The maximum absolute atomic E-state index is 2.46. The zero-order valence-electron chi connectivity index (χ0n) is 41.6. The molecule has 73 heavy (non-hydrogen) atoms. The first kappa shape index (κ1) is 48.3. The topological polar surface area (TPSA) is 18.0 Å². The van der Waals surface area contributed by atoms with Crippen LogP contribution in [0, 0.1) is 10.7 Å². The molecule has 0 amide bonds. The fourth-order valence-corrected chi connectivity index (χ4v) is 12.7. The normalized spacial score (nSPS) is 11.9. The van der Waals surface area contributed by atoms with E-state index in [4.69, 9.17) is 0 Å². The quantitative estimate of drug-likeness (QED) is 0.0936. The van der Waals surface area contributed by atoms with Crippen LogP contribution in [0.25, 0.3) is 82.5 Å². The van der Waals surface area contributed by atoms with Crippen LogP contribution in [0.2, 0.25) is 0 Å². The van der Waals surface area contributed by atoms with Gasteiger partial charge in [0.15, 0.2) is 0 Å². The van der Waals surface area contributed by atoms with Crippen molar-refractivity contribution in [2.75, 3.05) is 4.90 Å². The summed E-state index contributed by atoms with van der Waals surface area (Å²) in [5.74, 6) is 0. The van der Waals surface area contributed by atoms with Gasteiger partial charge in [0.1, 0.15) is 0 Å². The highest BCUT2D eigenvalue weighted by Gasteiger charge is 2.20. The van der Waals surface area contributed by atoms with Crippen LogP contribution in [0.1, 0.15) is 76.0 Å². The molecule has 0 aliphatic carbocycles. The molecule has 9 aromatic carbocycles. The van der Waals surface area contributed by atoms with Crippen molar-refractivity contribution in [1.82, 2.24) is 13.7 Å². The summed E-state index contributed by atoms with van der Waals surface area (Å²) in [7, 11) is 0. The van der Waals surface area contributed by atoms with Gasteiger partial charge in [0.2, 0.25) is 0 Å². The van der Waals surface area contributed by atoms with Gasteiger partial charge in [-0.15, -0.1) is 0 Å². The molecule has 362 valence electrons. The predicted molar refractivity (Wildman–Crippen MR) is 338 cm³/mol. The summed E-state index contributed by atoms with van der Waals surface area (Å²) in [5, 5.41) is 7.86. The highest BCUT2D eigenvalue weighted by atomic mass is 127. The number of benzene rings is 9. The number of aromatic nitrogens is 3. The maximum Gasteiger partial charge on any atom is 0.0541 e. The molecule has 3 aromatic heterocycles. The first-order valence-corrected chi connectivity index (χ1v) is 29.3. The molecular weight excluding hydrogens is 1230 g/mol. The minimum atomic E-state index is 1.10. The summed E-state index contributed by atoms with van der Waals surface area (Å²) in [5.41, 5.74) is 18.4. The van der Waals surface area contributed by atoms with Crippen LogP contribution in [0.15, 0.2) is 182 Å². The minimum absolute atomic E-state index is 1.10. The number of rotatable bonds is 15. The van der Waals surface area contributed by atoms with E-state index >= 15 is 0 Å². The summed E-state index contributed by atoms with van der Waals surface area (Å²) < 4.78 is 11.1. The molecule has 0 atom stereocenters. The predicted octanol–water partition coefficient (Wildman–Crippen LogP) is 20.3. The van der Waals surface area contributed by atoms with E-state index in [2.05, 4.69) is 289 Å². The molecule has 0 aliphatic heterocycles. The lowest BCUT2D eigenvalue weighted by Crippen LogP contribution is -2.10. The minimum Gasteiger partial charge on any atom is -0.310 e. The molecular formula is C66H57I3N4. The van der Waals surface area contributed by atoms with Crippen molar-refractivity contribution in [2.24, 2.45) is 0 Å². The zero-order chi connectivity index (χ0) is 49.7. The third-order valence-corrected chi connectivity index (χ3v) is 16.9. The van der Waals surface area contributed by atoms with Crippen molar-refractivity contribution in [2.45, 2.75) is 78.6 Å². The SMILES string of the molecule is CCCCc1ccc2c(c1)c1cc(I)ccc1n2-c1ccc(N(c2ccc(-n3c4ccc(I)cc4c4cc(CCCC)ccc43)cc2)c2ccc(-n3c4ccc(I)cc4c4cc(CCCC)ccc43)cc2)cc1. The number of nitrogens with zero attached hydrogens (tertiary/aromatic N) is 4. The van der Waals surface area contributed by atoms with Crippen LogP contribution in [0.4, 0.5) is 17.1 Å². The Morgan fingerprint density at radius 3 is 0.808 bits per heavy atom. The van der Waals surface area contributed by atoms with Gasteiger partial charge >= 0.3 is 0 Å². The zero-order valence-corrected chi connectivity index (χ0v) is 48.1. The Labute approximate surface area is 469 Å². The molecule has 0 fully saturated rings. The van der Waals surface area contributed by atoms with E-state index in [0.29, 0.717) is 0 Å². The molecule has 0 saturated carbocycles.